The molecule has 3 aromatic rings. The maximum absolute atomic E-state index is 11.7. The van der Waals surface area contributed by atoms with E-state index in [-0.39, 0.29) is 23.1 Å². The summed E-state index contributed by atoms with van der Waals surface area (Å²) in [5.41, 5.74) is 13.1. The van der Waals surface area contributed by atoms with Crippen LogP contribution in [0.1, 0.15) is 22.4 Å². The molecule has 2 aromatic heterocycles. The van der Waals surface area contributed by atoms with Crippen molar-refractivity contribution in [1.82, 2.24) is 9.97 Å². The monoisotopic (exact) mass is 410 g/mol. The molecule has 0 saturated carbocycles. The van der Waals surface area contributed by atoms with Gasteiger partial charge in [0.1, 0.15) is 15.5 Å². The van der Waals surface area contributed by atoms with Gasteiger partial charge in [0.25, 0.3) is 5.91 Å². The van der Waals surface area contributed by atoms with Crippen LogP contribution >= 0.6 is 34.5 Å². The molecule has 0 unspecified atom stereocenters. The molecular weight excluding hydrogens is 395 g/mol. The largest absolute Gasteiger partial charge is 0.397 e. The van der Waals surface area contributed by atoms with E-state index >= 15 is 0 Å². The van der Waals surface area contributed by atoms with E-state index in [0.717, 1.165) is 11.3 Å². The summed E-state index contributed by atoms with van der Waals surface area (Å²) in [6, 6.07) is 5.13. The Morgan fingerprint density at radius 1 is 1.31 bits per heavy atom. The van der Waals surface area contributed by atoms with Crippen LogP contribution in [-0.4, -0.2) is 27.6 Å². The van der Waals surface area contributed by atoms with Crippen molar-refractivity contribution in [2.45, 2.75) is 13.3 Å². The second-order valence-corrected chi connectivity index (χ2v) is 7.81. The van der Waals surface area contributed by atoms with Crippen LogP contribution in [0.3, 0.4) is 0 Å². The van der Waals surface area contributed by atoms with E-state index < -0.39 is 5.91 Å². The molecule has 3 rings (SSSR count). The predicted molar refractivity (Wildman–Crippen MR) is 106 cm³/mol. The zero-order valence-corrected chi connectivity index (χ0v) is 16.1. The number of nitrogen functional groups attached to an aromatic ring is 1. The van der Waals surface area contributed by atoms with E-state index in [0.29, 0.717) is 43.8 Å². The van der Waals surface area contributed by atoms with Gasteiger partial charge in [-0.25, -0.2) is 9.97 Å². The summed E-state index contributed by atoms with van der Waals surface area (Å²) in [6.07, 6.45) is 0.477. The van der Waals surface area contributed by atoms with Crippen molar-refractivity contribution in [2.75, 3.05) is 12.3 Å². The summed E-state index contributed by atoms with van der Waals surface area (Å²) in [5.74, 6) is -0.0877. The number of primary amides is 1. The quantitative estimate of drug-likeness (QED) is 0.594. The third-order valence-electron chi connectivity index (χ3n) is 3.89. The Hall–Kier alpha value is -1.93. The number of hydrogen-bond acceptors (Lipinski definition) is 6. The zero-order chi connectivity index (χ0) is 19.0. The van der Waals surface area contributed by atoms with Gasteiger partial charge in [-0.3, -0.25) is 4.79 Å². The molecule has 9 heteroatoms. The molecule has 0 radical (unpaired) electrons. The number of thiophene rings is 1. The average molecular weight is 411 g/mol. The van der Waals surface area contributed by atoms with Crippen molar-refractivity contribution in [1.29, 1.82) is 0 Å². The molecule has 1 amide bonds. The second kappa shape index (κ2) is 7.36. The second-order valence-electron chi connectivity index (χ2n) is 6.00. The van der Waals surface area contributed by atoms with Crippen LogP contribution in [0.25, 0.3) is 21.5 Å². The van der Waals surface area contributed by atoms with Crippen molar-refractivity contribution < 1.29 is 9.90 Å². The molecule has 1 atom stereocenters. The number of carbonyl (C=O) groups is 1. The van der Waals surface area contributed by atoms with Crippen LogP contribution in [0.2, 0.25) is 10.0 Å². The Balaban J connectivity index is 2.29. The molecule has 6 nitrogen and oxygen atoms in total. The summed E-state index contributed by atoms with van der Waals surface area (Å²) < 4.78 is 0. The normalized spacial score (nSPS) is 12.5. The van der Waals surface area contributed by atoms with Crippen molar-refractivity contribution in [3.05, 3.63) is 38.9 Å². The van der Waals surface area contributed by atoms with E-state index in [2.05, 4.69) is 9.97 Å². The third kappa shape index (κ3) is 3.48. The number of aliphatic hydroxyl groups excluding tert-OH is 1. The van der Waals surface area contributed by atoms with Gasteiger partial charge >= 0.3 is 0 Å². The summed E-state index contributed by atoms with van der Waals surface area (Å²) in [5, 5.41) is 10.7. The maximum atomic E-state index is 11.7. The van der Waals surface area contributed by atoms with Crippen molar-refractivity contribution in [3.8, 4) is 11.3 Å². The van der Waals surface area contributed by atoms with Gasteiger partial charge in [0.2, 0.25) is 0 Å². The first-order valence-electron chi connectivity index (χ1n) is 7.76. The minimum Gasteiger partial charge on any atom is -0.397 e. The standard InChI is InChI=1S/C17H16Cl2N4O2S/c1-7(6-24)4-11-22-14(8-2-3-9(18)10(19)5-8)12-13(20)15(16(21)25)26-17(12)23-11/h2-3,5,7,24H,4,6,20H2,1H3,(H2,21,25)/t7-/m0/s1. The molecule has 0 aliphatic heterocycles. The molecule has 5 N–H and O–H groups in total. The highest BCUT2D eigenvalue weighted by molar-refractivity contribution is 7.21. The molecule has 26 heavy (non-hydrogen) atoms. The van der Waals surface area contributed by atoms with Crippen LogP contribution < -0.4 is 11.5 Å². The summed E-state index contributed by atoms with van der Waals surface area (Å²) in [4.78, 5) is 21.6. The molecular formula is C17H16Cl2N4O2S. The van der Waals surface area contributed by atoms with Crippen LogP contribution in [-0.2, 0) is 6.42 Å². The molecule has 0 bridgehead atoms. The van der Waals surface area contributed by atoms with Gasteiger partial charge in [-0.2, -0.15) is 0 Å². The van der Waals surface area contributed by atoms with Crippen LogP contribution in [0.4, 0.5) is 5.69 Å². The van der Waals surface area contributed by atoms with Gasteiger partial charge in [0.05, 0.1) is 26.8 Å². The maximum Gasteiger partial charge on any atom is 0.260 e. The molecule has 0 fully saturated rings. The van der Waals surface area contributed by atoms with Gasteiger partial charge in [0.15, 0.2) is 0 Å². The first-order chi connectivity index (χ1) is 12.3. The first-order valence-corrected chi connectivity index (χ1v) is 9.34. The van der Waals surface area contributed by atoms with Crippen molar-refractivity contribution in [2.24, 2.45) is 11.7 Å². The number of aromatic nitrogens is 2. The molecule has 136 valence electrons. The fourth-order valence-electron chi connectivity index (χ4n) is 2.57. The molecule has 0 spiro atoms. The van der Waals surface area contributed by atoms with Crippen LogP contribution in [0, 0.1) is 5.92 Å². The molecule has 1 aromatic carbocycles. The summed E-state index contributed by atoms with van der Waals surface area (Å²) in [7, 11) is 0. The number of aliphatic hydroxyl groups is 1. The number of fused-ring (bicyclic) bond motifs is 1. The van der Waals surface area contributed by atoms with Crippen LogP contribution in [0.15, 0.2) is 18.2 Å². The fourth-order valence-corrected chi connectivity index (χ4v) is 3.83. The Kier molecular flexibility index (Phi) is 5.34. The van der Waals surface area contributed by atoms with Gasteiger partial charge in [-0.15, -0.1) is 11.3 Å². The van der Waals surface area contributed by atoms with Gasteiger partial charge in [-0.1, -0.05) is 36.2 Å². The Morgan fingerprint density at radius 3 is 2.65 bits per heavy atom. The van der Waals surface area contributed by atoms with E-state index in [1.165, 1.54) is 0 Å². The third-order valence-corrected chi connectivity index (χ3v) is 5.75. The highest BCUT2D eigenvalue weighted by Crippen LogP contribution is 2.39. The van der Waals surface area contributed by atoms with Gasteiger partial charge in [-0.05, 0) is 18.1 Å². The van der Waals surface area contributed by atoms with Gasteiger partial charge < -0.3 is 16.6 Å². The van der Waals surface area contributed by atoms with Crippen molar-refractivity contribution in [3.63, 3.8) is 0 Å². The Bertz CT molecular complexity index is 1010. The lowest BCUT2D eigenvalue weighted by Gasteiger charge is -2.10. The first kappa shape index (κ1) is 18.8. The summed E-state index contributed by atoms with van der Waals surface area (Å²) in [6.45, 7) is 1.91. The fraction of sp³-hybridized carbons (Fsp3) is 0.235. The zero-order valence-electron chi connectivity index (χ0n) is 13.8. The summed E-state index contributed by atoms with van der Waals surface area (Å²) >= 11 is 13.3. The number of amides is 1. The number of halogens is 2. The molecule has 0 aliphatic rings. The Morgan fingerprint density at radius 2 is 2.04 bits per heavy atom. The SMILES string of the molecule is C[C@H](CO)Cc1nc(-c2ccc(Cl)c(Cl)c2)c2c(N)c(C(N)=O)sc2n1. The number of benzene rings is 1. The minimum absolute atomic E-state index is 0.0120. The minimum atomic E-state index is -0.615. The highest BCUT2D eigenvalue weighted by Gasteiger charge is 2.21. The number of nitrogens with zero attached hydrogens (tertiary/aromatic N) is 2. The number of nitrogens with two attached hydrogens (primary N) is 2. The number of anilines is 1. The lowest BCUT2D eigenvalue weighted by molar-refractivity contribution is 0.100. The van der Waals surface area contributed by atoms with Crippen LogP contribution in [0.5, 0.6) is 0 Å². The van der Waals surface area contributed by atoms with Crippen molar-refractivity contribution >= 4 is 56.3 Å². The lowest BCUT2D eigenvalue weighted by Crippen LogP contribution is -2.10. The molecule has 0 saturated heterocycles. The number of rotatable bonds is 5. The lowest BCUT2D eigenvalue weighted by atomic mass is 10.1. The van der Waals surface area contributed by atoms with E-state index in [4.69, 9.17) is 34.7 Å². The topological polar surface area (TPSA) is 115 Å². The Labute approximate surface area is 163 Å². The smallest absolute Gasteiger partial charge is 0.260 e. The average Bonchev–Trinajstić information content (AvgIpc) is 2.93. The highest BCUT2D eigenvalue weighted by atomic mass is 35.5. The molecule has 0 aliphatic carbocycles. The number of hydrogen-bond donors (Lipinski definition) is 3. The van der Waals surface area contributed by atoms with E-state index in [9.17, 15) is 9.90 Å². The van der Waals surface area contributed by atoms with Gasteiger partial charge in [0, 0.05) is 18.6 Å². The number of carbonyl (C=O) groups excluding carboxylic acids is 1. The molecule has 2 heterocycles. The van der Waals surface area contributed by atoms with E-state index in [1.54, 1.807) is 18.2 Å². The predicted octanol–water partition coefficient (Wildman–Crippen LogP) is 3.52. The van der Waals surface area contributed by atoms with E-state index in [1.807, 2.05) is 6.92 Å².